The van der Waals surface area contributed by atoms with E-state index >= 15 is 0 Å². The van der Waals surface area contributed by atoms with Crippen LogP contribution in [0.25, 0.3) is 12.2 Å². The van der Waals surface area contributed by atoms with Crippen LogP contribution < -0.4 is 9.26 Å². The van der Waals surface area contributed by atoms with Crippen molar-refractivity contribution in [2.75, 3.05) is 6.66 Å². The summed E-state index contributed by atoms with van der Waals surface area (Å²) < 4.78 is 22.4. The van der Waals surface area contributed by atoms with Gasteiger partial charge in [0.25, 0.3) is 0 Å². The monoisotopic (exact) mass is 404 g/mol. The number of ether oxygens (including phenoxy) is 1. The van der Waals surface area contributed by atoms with Crippen LogP contribution in [0.3, 0.4) is 0 Å². The van der Waals surface area contributed by atoms with Crippen molar-refractivity contribution >= 4 is 19.7 Å². The molecule has 146 valence electrons. The Kier molecular flexibility index (Phi) is 4.34. The van der Waals surface area contributed by atoms with Gasteiger partial charge in [0.15, 0.2) is 0 Å². The highest BCUT2D eigenvalue weighted by atomic mass is 31.2. The highest BCUT2D eigenvalue weighted by molar-refractivity contribution is 7.52. The Morgan fingerprint density at radius 3 is 2.59 bits per heavy atom. The molecule has 29 heavy (non-hydrogen) atoms. The van der Waals surface area contributed by atoms with Crippen LogP contribution in [0.4, 0.5) is 0 Å². The molecule has 0 aromatic heterocycles. The van der Waals surface area contributed by atoms with Crippen molar-refractivity contribution in [1.82, 2.24) is 0 Å². The molecular weight excluding hydrogens is 383 g/mol. The van der Waals surface area contributed by atoms with Crippen molar-refractivity contribution in [1.29, 1.82) is 0 Å². The van der Waals surface area contributed by atoms with Crippen molar-refractivity contribution in [3.8, 4) is 11.5 Å². The first-order chi connectivity index (χ1) is 14.0. The molecule has 0 saturated heterocycles. The van der Waals surface area contributed by atoms with Gasteiger partial charge in [0.2, 0.25) is 0 Å². The van der Waals surface area contributed by atoms with E-state index in [9.17, 15) is 9.46 Å². The molecule has 3 atom stereocenters. The Morgan fingerprint density at radius 1 is 1.00 bits per heavy atom. The predicted octanol–water partition coefficient (Wildman–Crippen LogP) is 5.71. The van der Waals surface area contributed by atoms with E-state index in [4.69, 9.17) is 9.26 Å². The van der Waals surface area contributed by atoms with E-state index in [1.807, 2.05) is 0 Å². The molecule has 2 aromatic rings. The van der Waals surface area contributed by atoms with E-state index < -0.39 is 7.60 Å². The van der Waals surface area contributed by atoms with Gasteiger partial charge in [-0.3, -0.25) is 0 Å². The Balaban J connectivity index is 1.39. The topological polar surface area (TPSA) is 55.8 Å². The average molecular weight is 404 g/mol. The van der Waals surface area contributed by atoms with Gasteiger partial charge < -0.3 is 14.2 Å². The summed E-state index contributed by atoms with van der Waals surface area (Å²) >= 11 is 0. The quantitative estimate of drug-likeness (QED) is 0.649. The van der Waals surface area contributed by atoms with E-state index in [1.165, 1.54) is 22.3 Å². The van der Waals surface area contributed by atoms with E-state index in [0.29, 0.717) is 29.9 Å². The fraction of sp³-hybridized carbons (Fsp3) is 0.167. The maximum atomic E-state index is 11.4. The minimum Gasteiger partial charge on any atom is -0.489 e. The number of allylic oxidation sites excluding steroid dienone is 6. The average Bonchev–Trinajstić information content (AvgIpc) is 2.71. The standard InChI is InChI=1S/C24H21O4P/c1-29(25,26)28-21-12-10-20(11-13-21)27-15-19-8-7-18-6-5-16-3-2-4-17-9-14-22(19)24(18)23(16)17/h2-14,17,23H,15H2,1H3,(H,25,26). The number of rotatable bonds is 5. The normalized spacial score (nSPS) is 22.5. The number of benzene rings is 2. The fourth-order valence-electron chi connectivity index (χ4n) is 4.29. The highest BCUT2D eigenvalue weighted by Crippen LogP contribution is 2.47. The smallest absolute Gasteiger partial charge is 0.373 e. The molecule has 0 aliphatic heterocycles. The second-order valence-electron chi connectivity index (χ2n) is 7.59. The third kappa shape index (κ3) is 3.50. The van der Waals surface area contributed by atoms with Crippen LogP contribution in [-0.4, -0.2) is 11.6 Å². The summed E-state index contributed by atoms with van der Waals surface area (Å²) in [6.45, 7) is 1.62. The lowest BCUT2D eigenvalue weighted by molar-refractivity contribution is 0.305. The molecule has 0 saturated carbocycles. The first-order valence-corrected chi connectivity index (χ1v) is 11.6. The zero-order valence-corrected chi connectivity index (χ0v) is 16.9. The summed E-state index contributed by atoms with van der Waals surface area (Å²) in [6.07, 6.45) is 15.6. The molecule has 0 bridgehead atoms. The Labute approximate surface area is 170 Å². The molecule has 3 unspecified atom stereocenters. The van der Waals surface area contributed by atoms with E-state index in [2.05, 4.69) is 54.7 Å². The van der Waals surface area contributed by atoms with Gasteiger partial charge in [-0.2, -0.15) is 0 Å². The Bertz CT molecular complexity index is 1130. The summed E-state index contributed by atoms with van der Waals surface area (Å²) in [6, 6.07) is 11.1. The molecule has 3 aliphatic carbocycles. The highest BCUT2D eigenvalue weighted by Gasteiger charge is 2.33. The first-order valence-electron chi connectivity index (χ1n) is 9.61. The molecule has 0 amide bonds. The molecule has 5 heteroatoms. The molecule has 3 aliphatic rings. The summed E-state index contributed by atoms with van der Waals surface area (Å²) in [5.74, 6) is 1.83. The van der Waals surface area contributed by atoms with Crippen molar-refractivity contribution in [3.05, 3.63) is 94.6 Å². The van der Waals surface area contributed by atoms with Gasteiger partial charge >= 0.3 is 7.60 Å². The summed E-state index contributed by atoms with van der Waals surface area (Å²) in [5, 5.41) is 0. The number of hydrogen-bond acceptors (Lipinski definition) is 3. The molecule has 2 aromatic carbocycles. The third-order valence-electron chi connectivity index (χ3n) is 5.52. The maximum absolute atomic E-state index is 11.4. The molecule has 5 rings (SSSR count). The minimum absolute atomic E-state index is 0.347. The van der Waals surface area contributed by atoms with Crippen LogP contribution in [-0.2, 0) is 11.2 Å². The molecule has 1 N–H and O–H groups in total. The van der Waals surface area contributed by atoms with E-state index in [-0.39, 0.29) is 0 Å². The van der Waals surface area contributed by atoms with Gasteiger partial charge in [-0.05, 0) is 52.1 Å². The van der Waals surface area contributed by atoms with Gasteiger partial charge in [0.05, 0.1) is 0 Å². The van der Waals surface area contributed by atoms with Crippen LogP contribution in [0.1, 0.15) is 28.2 Å². The van der Waals surface area contributed by atoms with Gasteiger partial charge in [-0.15, -0.1) is 0 Å². The molecule has 0 heterocycles. The van der Waals surface area contributed by atoms with Gasteiger partial charge in [0, 0.05) is 18.5 Å². The Morgan fingerprint density at radius 2 is 1.79 bits per heavy atom. The van der Waals surface area contributed by atoms with Crippen LogP contribution in [0, 0.1) is 5.92 Å². The van der Waals surface area contributed by atoms with Gasteiger partial charge in [-0.25, -0.2) is 4.57 Å². The Hall–Kier alpha value is -2.81. The lowest BCUT2D eigenvalue weighted by atomic mass is 9.68. The van der Waals surface area contributed by atoms with E-state index in [1.54, 1.807) is 24.3 Å². The second-order valence-corrected chi connectivity index (χ2v) is 9.38. The molecule has 0 radical (unpaired) electrons. The predicted molar refractivity (Wildman–Crippen MR) is 115 cm³/mol. The van der Waals surface area contributed by atoms with Crippen LogP contribution in [0.5, 0.6) is 11.5 Å². The lowest BCUT2D eigenvalue weighted by Crippen LogP contribution is -2.21. The number of hydrogen-bond donors (Lipinski definition) is 1. The summed E-state index contributed by atoms with van der Waals surface area (Å²) in [4.78, 5) is 9.32. The summed E-state index contributed by atoms with van der Waals surface area (Å²) in [5.41, 5.74) is 6.44. The zero-order valence-electron chi connectivity index (χ0n) is 16.0. The lowest BCUT2D eigenvalue weighted by Gasteiger charge is -2.35. The fourth-order valence-corrected chi connectivity index (χ4v) is 4.80. The van der Waals surface area contributed by atoms with E-state index in [0.717, 1.165) is 12.2 Å². The molecule has 0 fully saturated rings. The van der Waals surface area contributed by atoms with Gasteiger partial charge in [-0.1, -0.05) is 54.7 Å². The minimum atomic E-state index is -3.56. The SMILES string of the molecule is CP(=O)(O)Oc1ccc(OCc2ccc3c4c2C=CC2C=CC=C(C=C3)C42)cc1. The van der Waals surface area contributed by atoms with Crippen LogP contribution >= 0.6 is 7.60 Å². The van der Waals surface area contributed by atoms with Crippen molar-refractivity contribution < 1.29 is 18.7 Å². The molecule has 4 nitrogen and oxygen atoms in total. The third-order valence-corrected chi connectivity index (χ3v) is 6.07. The van der Waals surface area contributed by atoms with Crippen molar-refractivity contribution in [3.63, 3.8) is 0 Å². The molecular formula is C24H21O4P. The van der Waals surface area contributed by atoms with Crippen molar-refractivity contribution in [2.24, 2.45) is 5.92 Å². The van der Waals surface area contributed by atoms with Crippen molar-refractivity contribution in [2.45, 2.75) is 12.5 Å². The second kappa shape index (κ2) is 6.91. The maximum Gasteiger partial charge on any atom is 0.373 e. The first kappa shape index (κ1) is 18.2. The van der Waals surface area contributed by atoms with Gasteiger partial charge in [0.1, 0.15) is 18.1 Å². The zero-order chi connectivity index (χ0) is 20.0. The van der Waals surface area contributed by atoms with Crippen LogP contribution in [0.15, 0.2) is 72.4 Å². The van der Waals surface area contributed by atoms with Crippen LogP contribution in [0.2, 0.25) is 0 Å². The largest absolute Gasteiger partial charge is 0.489 e. The summed E-state index contributed by atoms with van der Waals surface area (Å²) in [7, 11) is -3.56. The molecule has 0 spiro atoms.